The Kier molecular flexibility index (Phi) is 1.60. The van der Waals surface area contributed by atoms with Crippen LogP contribution in [0.1, 0.15) is 20.8 Å². The quantitative estimate of drug-likeness (QED) is 0.576. The molecule has 0 amide bonds. The van der Waals surface area contributed by atoms with E-state index in [4.69, 9.17) is 4.74 Å². The van der Waals surface area contributed by atoms with Gasteiger partial charge in [0.25, 0.3) is 0 Å². The minimum absolute atomic E-state index is 0.317. The lowest BCUT2D eigenvalue weighted by molar-refractivity contribution is -0.190. The van der Waals surface area contributed by atoms with Crippen LogP contribution in [0.5, 0.6) is 0 Å². The van der Waals surface area contributed by atoms with Gasteiger partial charge < -0.3 is 9.84 Å². The normalized spacial score (nSPS) is 30.7. The highest BCUT2D eigenvalue weighted by atomic mass is 16.6. The molecule has 0 aromatic carbocycles. The van der Waals surface area contributed by atoms with Crippen molar-refractivity contribution in [3.8, 4) is 0 Å². The standard InChI is InChI=1S/C9H14O2/c1-7-5-6-9(10,11-7)8(2,3)4/h5-6,10H,1H2,2-4H3. The molecule has 0 radical (unpaired) electrons. The Hall–Kier alpha value is -0.760. The Bertz CT molecular complexity index is 210. The fourth-order valence-electron chi connectivity index (χ4n) is 0.877. The highest BCUT2D eigenvalue weighted by molar-refractivity contribution is 5.21. The molecule has 0 saturated carbocycles. The number of hydrogen-bond donors (Lipinski definition) is 1. The Balaban J connectivity index is 2.88. The molecule has 1 aliphatic heterocycles. The summed E-state index contributed by atoms with van der Waals surface area (Å²) < 4.78 is 5.16. The lowest BCUT2D eigenvalue weighted by Gasteiger charge is -2.34. The van der Waals surface area contributed by atoms with E-state index in [0.29, 0.717) is 5.76 Å². The van der Waals surface area contributed by atoms with Gasteiger partial charge in [-0.15, -0.1) is 0 Å². The van der Waals surface area contributed by atoms with Crippen LogP contribution in [0.25, 0.3) is 0 Å². The van der Waals surface area contributed by atoms with E-state index in [-0.39, 0.29) is 5.41 Å². The first-order valence-electron chi connectivity index (χ1n) is 3.65. The molecule has 0 aromatic rings. The van der Waals surface area contributed by atoms with Crippen LogP contribution in [0, 0.1) is 5.41 Å². The van der Waals surface area contributed by atoms with Crippen LogP contribution >= 0.6 is 0 Å². The molecule has 1 aliphatic rings. The second kappa shape index (κ2) is 2.11. The molecule has 2 heteroatoms. The molecule has 0 aromatic heterocycles. The van der Waals surface area contributed by atoms with Crippen LogP contribution in [0.15, 0.2) is 24.5 Å². The summed E-state index contributed by atoms with van der Waals surface area (Å²) in [6.45, 7) is 9.33. The molecule has 2 nitrogen and oxygen atoms in total. The van der Waals surface area contributed by atoms with Crippen LogP contribution in [0.3, 0.4) is 0 Å². The van der Waals surface area contributed by atoms with Crippen molar-refractivity contribution in [3.05, 3.63) is 24.5 Å². The molecule has 1 N–H and O–H groups in total. The summed E-state index contributed by atoms with van der Waals surface area (Å²) in [6.07, 6.45) is 3.32. The molecule has 1 atom stereocenters. The molecule has 1 unspecified atom stereocenters. The number of allylic oxidation sites excluding steroid dienone is 1. The van der Waals surface area contributed by atoms with Crippen molar-refractivity contribution in [1.29, 1.82) is 0 Å². The fourth-order valence-corrected chi connectivity index (χ4v) is 0.877. The average Bonchev–Trinajstić information content (AvgIpc) is 2.10. The molecule has 1 heterocycles. The van der Waals surface area contributed by atoms with Gasteiger partial charge in [0, 0.05) is 5.41 Å². The molecule has 11 heavy (non-hydrogen) atoms. The number of ether oxygens (including phenoxy) is 1. The van der Waals surface area contributed by atoms with Crippen molar-refractivity contribution in [2.24, 2.45) is 5.41 Å². The summed E-state index contributed by atoms with van der Waals surface area (Å²) in [6, 6.07) is 0. The second-order valence-electron chi connectivity index (χ2n) is 3.85. The predicted molar refractivity (Wildman–Crippen MR) is 43.8 cm³/mol. The molecule has 0 bridgehead atoms. The van der Waals surface area contributed by atoms with Crippen molar-refractivity contribution in [2.75, 3.05) is 0 Å². The molecule has 0 fully saturated rings. The third-order valence-electron chi connectivity index (χ3n) is 1.86. The summed E-state index contributed by atoms with van der Waals surface area (Å²) in [5.41, 5.74) is -0.317. The zero-order chi connectivity index (χ0) is 8.70. The molecule has 0 saturated heterocycles. The molecule has 0 spiro atoms. The molecular formula is C9H14O2. The number of hydrogen-bond acceptors (Lipinski definition) is 2. The number of rotatable bonds is 0. The van der Waals surface area contributed by atoms with E-state index in [0.717, 1.165) is 0 Å². The van der Waals surface area contributed by atoms with Crippen molar-refractivity contribution in [1.82, 2.24) is 0 Å². The zero-order valence-corrected chi connectivity index (χ0v) is 7.22. The Morgan fingerprint density at radius 1 is 1.55 bits per heavy atom. The Morgan fingerprint density at radius 2 is 2.09 bits per heavy atom. The monoisotopic (exact) mass is 154 g/mol. The van der Waals surface area contributed by atoms with E-state index < -0.39 is 5.79 Å². The number of aliphatic hydroxyl groups is 1. The van der Waals surface area contributed by atoms with Gasteiger partial charge in [0.05, 0.1) is 0 Å². The molecular weight excluding hydrogens is 140 g/mol. The third kappa shape index (κ3) is 1.31. The van der Waals surface area contributed by atoms with Gasteiger partial charge in [-0.3, -0.25) is 0 Å². The SMILES string of the molecule is C=C1C=CC(O)(C(C)(C)C)O1. The first-order chi connectivity index (χ1) is 4.85. The van der Waals surface area contributed by atoms with Crippen LogP contribution in [0.4, 0.5) is 0 Å². The lowest BCUT2D eigenvalue weighted by Crippen LogP contribution is -2.40. The Morgan fingerprint density at radius 3 is 2.27 bits per heavy atom. The van der Waals surface area contributed by atoms with Crippen molar-refractivity contribution in [3.63, 3.8) is 0 Å². The van der Waals surface area contributed by atoms with Gasteiger partial charge in [-0.05, 0) is 12.2 Å². The van der Waals surface area contributed by atoms with Crippen molar-refractivity contribution < 1.29 is 9.84 Å². The van der Waals surface area contributed by atoms with E-state index in [1.54, 1.807) is 12.2 Å². The average molecular weight is 154 g/mol. The van der Waals surface area contributed by atoms with Crippen LogP contribution in [-0.2, 0) is 4.74 Å². The summed E-state index contributed by atoms with van der Waals surface area (Å²) in [5.74, 6) is -0.660. The maximum absolute atomic E-state index is 9.83. The van der Waals surface area contributed by atoms with Crippen LogP contribution < -0.4 is 0 Å². The van der Waals surface area contributed by atoms with E-state index in [2.05, 4.69) is 6.58 Å². The predicted octanol–water partition coefficient (Wildman–Crippen LogP) is 1.82. The van der Waals surface area contributed by atoms with Gasteiger partial charge in [0.2, 0.25) is 5.79 Å². The van der Waals surface area contributed by atoms with Crippen LogP contribution in [-0.4, -0.2) is 10.9 Å². The summed E-state index contributed by atoms with van der Waals surface area (Å²) in [4.78, 5) is 0. The van der Waals surface area contributed by atoms with E-state index in [9.17, 15) is 5.11 Å². The van der Waals surface area contributed by atoms with Gasteiger partial charge in [-0.2, -0.15) is 0 Å². The first-order valence-corrected chi connectivity index (χ1v) is 3.65. The maximum Gasteiger partial charge on any atom is 0.233 e. The van der Waals surface area contributed by atoms with Gasteiger partial charge in [0.15, 0.2) is 0 Å². The fraction of sp³-hybridized carbons (Fsp3) is 0.556. The zero-order valence-electron chi connectivity index (χ0n) is 7.22. The second-order valence-corrected chi connectivity index (χ2v) is 3.85. The molecule has 0 aliphatic carbocycles. The summed E-state index contributed by atoms with van der Waals surface area (Å²) in [5, 5.41) is 9.83. The minimum Gasteiger partial charge on any atom is -0.459 e. The van der Waals surface area contributed by atoms with E-state index in [1.807, 2.05) is 20.8 Å². The summed E-state index contributed by atoms with van der Waals surface area (Å²) in [7, 11) is 0. The third-order valence-corrected chi connectivity index (χ3v) is 1.86. The first kappa shape index (κ1) is 8.34. The smallest absolute Gasteiger partial charge is 0.233 e. The lowest BCUT2D eigenvalue weighted by atomic mass is 9.86. The Labute approximate surface area is 67.2 Å². The van der Waals surface area contributed by atoms with Crippen molar-refractivity contribution >= 4 is 0 Å². The largest absolute Gasteiger partial charge is 0.459 e. The molecule has 62 valence electrons. The van der Waals surface area contributed by atoms with E-state index >= 15 is 0 Å². The van der Waals surface area contributed by atoms with Gasteiger partial charge in [0.1, 0.15) is 5.76 Å². The van der Waals surface area contributed by atoms with Crippen LogP contribution in [0.2, 0.25) is 0 Å². The highest BCUT2D eigenvalue weighted by Crippen LogP contribution is 2.37. The van der Waals surface area contributed by atoms with Crippen molar-refractivity contribution in [2.45, 2.75) is 26.6 Å². The summed E-state index contributed by atoms with van der Waals surface area (Å²) >= 11 is 0. The van der Waals surface area contributed by atoms with E-state index in [1.165, 1.54) is 0 Å². The van der Waals surface area contributed by atoms with Gasteiger partial charge >= 0.3 is 0 Å². The highest BCUT2D eigenvalue weighted by Gasteiger charge is 2.42. The molecule has 1 rings (SSSR count). The minimum atomic E-state index is -1.18. The van der Waals surface area contributed by atoms with Gasteiger partial charge in [-0.25, -0.2) is 0 Å². The topological polar surface area (TPSA) is 29.5 Å². The van der Waals surface area contributed by atoms with Gasteiger partial charge in [-0.1, -0.05) is 27.4 Å². The maximum atomic E-state index is 9.83.